The topological polar surface area (TPSA) is 61.9 Å². The van der Waals surface area contributed by atoms with E-state index in [9.17, 15) is 9.59 Å². The van der Waals surface area contributed by atoms with Crippen LogP contribution < -0.4 is 5.32 Å². The number of para-hydroxylation sites is 1. The summed E-state index contributed by atoms with van der Waals surface area (Å²) >= 11 is 7.82. The Bertz CT molecular complexity index is 944. The fourth-order valence-electron chi connectivity index (χ4n) is 3.96. The third kappa shape index (κ3) is 6.04. The van der Waals surface area contributed by atoms with Crippen molar-refractivity contribution in [1.82, 2.24) is 9.80 Å². The van der Waals surface area contributed by atoms with Crippen molar-refractivity contribution in [3.05, 3.63) is 59.1 Å². The van der Waals surface area contributed by atoms with Gasteiger partial charge < -0.3 is 15.0 Å². The highest BCUT2D eigenvalue weighted by Gasteiger charge is 2.25. The molecule has 2 fully saturated rings. The van der Waals surface area contributed by atoms with E-state index < -0.39 is 0 Å². The van der Waals surface area contributed by atoms with Crippen molar-refractivity contribution in [3.63, 3.8) is 0 Å². The highest BCUT2D eigenvalue weighted by Crippen LogP contribution is 2.28. The number of anilines is 1. The first kappa shape index (κ1) is 23.1. The Balaban J connectivity index is 1.28. The van der Waals surface area contributed by atoms with E-state index in [1.807, 2.05) is 41.3 Å². The maximum absolute atomic E-state index is 13.2. The second kappa shape index (κ2) is 11.2. The highest BCUT2D eigenvalue weighted by atomic mass is 35.5. The molecule has 2 aromatic rings. The highest BCUT2D eigenvalue weighted by molar-refractivity contribution is 7.99. The van der Waals surface area contributed by atoms with Crippen molar-refractivity contribution in [3.8, 4) is 0 Å². The number of halogens is 1. The number of rotatable bonds is 7. The fraction of sp³-hybridized carbons (Fsp3) is 0.417. The standard InChI is InChI=1S/C24H28ClN3O3S/c25-20-8-2-3-9-21(20)26-23(29)16-27-11-13-28(14-12-27)24(30)19-7-1-4-10-22(19)32-17-18-6-5-15-31-18/h1-4,7-10,18H,5-6,11-17H2,(H,26,29). The molecule has 32 heavy (non-hydrogen) atoms. The number of hydrogen-bond acceptors (Lipinski definition) is 5. The van der Waals surface area contributed by atoms with Crippen molar-refractivity contribution in [2.24, 2.45) is 0 Å². The van der Waals surface area contributed by atoms with E-state index >= 15 is 0 Å². The molecule has 0 saturated carbocycles. The van der Waals surface area contributed by atoms with Crippen LogP contribution >= 0.6 is 23.4 Å². The lowest BCUT2D eigenvalue weighted by atomic mass is 10.2. The van der Waals surface area contributed by atoms with Crippen LogP contribution in [0.5, 0.6) is 0 Å². The summed E-state index contributed by atoms with van der Waals surface area (Å²) in [6.45, 7) is 3.64. The zero-order valence-electron chi connectivity index (χ0n) is 18.0. The summed E-state index contributed by atoms with van der Waals surface area (Å²) < 4.78 is 5.72. The molecular weight excluding hydrogens is 446 g/mol. The lowest BCUT2D eigenvalue weighted by Crippen LogP contribution is -2.50. The first-order valence-corrected chi connectivity index (χ1v) is 12.4. The molecular formula is C24H28ClN3O3S. The molecule has 0 aliphatic carbocycles. The van der Waals surface area contributed by atoms with Gasteiger partial charge in [0.25, 0.3) is 5.91 Å². The molecule has 2 aromatic carbocycles. The summed E-state index contributed by atoms with van der Waals surface area (Å²) in [7, 11) is 0. The minimum absolute atomic E-state index is 0.0561. The largest absolute Gasteiger partial charge is 0.377 e. The van der Waals surface area contributed by atoms with E-state index in [-0.39, 0.29) is 24.5 Å². The number of hydrogen-bond donors (Lipinski definition) is 1. The maximum Gasteiger partial charge on any atom is 0.255 e. The molecule has 0 radical (unpaired) electrons. The summed E-state index contributed by atoms with van der Waals surface area (Å²) in [5.74, 6) is 0.827. The predicted molar refractivity (Wildman–Crippen MR) is 129 cm³/mol. The third-order valence-corrected chi connectivity index (χ3v) is 7.28. The molecule has 2 amide bonds. The summed E-state index contributed by atoms with van der Waals surface area (Å²) in [6.07, 6.45) is 2.49. The van der Waals surface area contributed by atoms with Gasteiger partial charge in [-0.3, -0.25) is 14.5 Å². The fourth-order valence-corrected chi connectivity index (χ4v) is 5.26. The summed E-state index contributed by atoms with van der Waals surface area (Å²) in [4.78, 5) is 30.5. The van der Waals surface area contributed by atoms with E-state index in [2.05, 4.69) is 10.2 Å². The Morgan fingerprint density at radius 3 is 2.56 bits per heavy atom. The minimum Gasteiger partial charge on any atom is -0.377 e. The van der Waals surface area contributed by atoms with Crippen molar-refractivity contribution >= 4 is 40.9 Å². The van der Waals surface area contributed by atoms with Crippen LogP contribution in [0.4, 0.5) is 5.69 Å². The summed E-state index contributed by atoms with van der Waals surface area (Å²) in [6, 6.07) is 15.0. The summed E-state index contributed by atoms with van der Waals surface area (Å²) in [5.41, 5.74) is 1.37. The van der Waals surface area contributed by atoms with E-state index in [0.29, 0.717) is 36.9 Å². The third-order valence-electron chi connectivity index (χ3n) is 5.74. The Labute approximate surface area is 198 Å². The maximum atomic E-state index is 13.2. The number of carbonyl (C=O) groups is 2. The predicted octanol–water partition coefficient (Wildman–Crippen LogP) is 4.01. The van der Waals surface area contributed by atoms with Gasteiger partial charge in [0.05, 0.1) is 28.9 Å². The lowest BCUT2D eigenvalue weighted by molar-refractivity contribution is -0.117. The molecule has 0 aromatic heterocycles. The monoisotopic (exact) mass is 473 g/mol. The molecule has 8 heteroatoms. The van der Waals surface area contributed by atoms with Crippen LogP contribution in [0.25, 0.3) is 0 Å². The Hall–Kier alpha value is -2.06. The van der Waals surface area contributed by atoms with Crippen LogP contribution in [0.3, 0.4) is 0 Å². The van der Waals surface area contributed by atoms with Crippen LogP contribution in [-0.2, 0) is 9.53 Å². The number of nitrogens with one attached hydrogen (secondary N) is 1. The average Bonchev–Trinajstić information content (AvgIpc) is 3.33. The SMILES string of the molecule is O=C(CN1CCN(C(=O)c2ccccc2SCC2CCCO2)CC1)Nc1ccccc1Cl. The number of thioether (sulfide) groups is 1. The molecule has 1 unspecified atom stereocenters. The van der Waals surface area contributed by atoms with Crippen LogP contribution in [0.1, 0.15) is 23.2 Å². The smallest absolute Gasteiger partial charge is 0.255 e. The van der Waals surface area contributed by atoms with Crippen LogP contribution in [0.15, 0.2) is 53.4 Å². The van der Waals surface area contributed by atoms with Gasteiger partial charge in [0.2, 0.25) is 5.91 Å². The van der Waals surface area contributed by atoms with Gasteiger partial charge in [-0.15, -0.1) is 11.8 Å². The molecule has 0 spiro atoms. The molecule has 2 aliphatic rings. The number of carbonyl (C=O) groups excluding carboxylic acids is 2. The second-order valence-electron chi connectivity index (χ2n) is 8.04. The first-order chi connectivity index (χ1) is 15.6. The van der Waals surface area contributed by atoms with Crippen molar-refractivity contribution in [1.29, 1.82) is 0 Å². The lowest BCUT2D eigenvalue weighted by Gasteiger charge is -2.34. The molecule has 2 heterocycles. The molecule has 170 valence electrons. The van der Waals surface area contributed by atoms with Crippen molar-refractivity contribution in [2.45, 2.75) is 23.8 Å². The zero-order chi connectivity index (χ0) is 22.3. The van der Waals surface area contributed by atoms with Crippen LogP contribution in [0.2, 0.25) is 5.02 Å². The van der Waals surface area contributed by atoms with E-state index in [0.717, 1.165) is 35.7 Å². The zero-order valence-corrected chi connectivity index (χ0v) is 19.5. The van der Waals surface area contributed by atoms with Gasteiger partial charge in [0.1, 0.15) is 0 Å². The number of piperazine rings is 1. The van der Waals surface area contributed by atoms with Gasteiger partial charge in [0, 0.05) is 43.4 Å². The van der Waals surface area contributed by atoms with Crippen LogP contribution in [0, 0.1) is 0 Å². The summed E-state index contributed by atoms with van der Waals surface area (Å²) in [5, 5.41) is 3.38. The van der Waals surface area contributed by atoms with Crippen molar-refractivity contribution < 1.29 is 14.3 Å². The normalized spacial score (nSPS) is 19.2. The Morgan fingerprint density at radius 1 is 1.06 bits per heavy atom. The average molecular weight is 474 g/mol. The molecule has 2 saturated heterocycles. The van der Waals surface area contributed by atoms with Crippen molar-refractivity contribution in [2.75, 3.05) is 50.4 Å². The van der Waals surface area contributed by atoms with Gasteiger partial charge >= 0.3 is 0 Å². The van der Waals surface area contributed by atoms with E-state index in [1.54, 1.807) is 23.9 Å². The van der Waals surface area contributed by atoms with Gasteiger partial charge in [0.15, 0.2) is 0 Å². The minimum atomic E-state index is -0.103. The van der Waals surface area contributed by atoms with E-state index in [4.69, 9.17) is 16.3 Å². The van der Waals surface area contributed by atoms with Gasteiger partial charge in [-0.25, -0.2) is 0 Å². The second-order valence-corrected chi connectivity index (χ2v) is 9.51. The molecule has 1 N–H and O–H groups in total. The van der Waals surface area contributed by atoms with Gasteiger partial charge in [-0.1, -0.05) is 35.9 Å². The Morgan fingerprint density at radius 2 is 1.81 bits per heavy atom. The number of amides is 2. The first-order valence-electron chi connectivity index (χ1n) is 11.0. The Kier molecular flexibility index (Phi) is 8.08. The molecule has 6 nitrogen and oxygen atoms in total. The number of benzene rings is 2. The molecule has 0 bridgehead atoms. The van der Waals surface area contributed by atoms with Gasteiger partial charge in [-0.05, 0) is 37.1 Å². The quantitative estimate of drug-likeness (QED) is 0.616. The van der Waals surface area contributed by atoms with Crippen LogP contribution in [-0.4, -0.2) is 72.8 Å². The number of ether oxygens (including phenoxy) is 1. The molecule has 2 aliphatic heterocycles. The van der Waals surface area contributed by atoms with E-state index in [1.165, 1.54) is 0 Å². The van der Waals surface area contributed by atoms with Gasteiger partial charge in [-0.2, -0.15) is 0 Å². The molecule has 1 atom stereocenters. The molecule has 4 rings (SSSR count). The number of nitrogens with zero attached hydrogens (tertiary/aromatic N) is 2.